The van der Waals surface area contributed by atoms with Gasteiger partial charge in [0.2, 0.25) is 11.2 Å². The third kappa shape index (κ3) is 3.17. The molecule has 9 heteroatoms. The standard InChI is InChI=1S/C19H18FN3O3S2/c20-18-15-7-11(13-5-6-22(9-13)27-14-3-4-14)1-2-12(15)8-16(24)19(18)23-10-17(25)21-28(23)26/h1-2,5,7-8,14,24H,3-4,6,9-10H2,(H,21,25). The Bertz CT molecular complexity index is 1050. The van der Waals surface area contributed by atoms with Gasteiger partial charge in [-0.05, 0) is 41.5 Å². The smallest absolute Gasteiger partial charge is 0.253 e. The maximum Gasteiger partial charge on any atom is 0.253 e. The lowest BCUT2D eigenvalue weighted by Crippen LogP contribution is -2.23. The highest BCUT2D eigenvalue weighted by Crippen LogP contribution is 2.41. The molecule has 146 valence electrons. The third-order valence-corrected chi connectivity index (χ3v) is 7.51. The molecule has 3 aliphatic rings. The summed E-state index contributed by atoms with van der Waals surface area (Å²) in [5.74, 6) is -1.49. The zero-order valence-electron chi connectivity index (χ0n) is 14.9. The first kappa shape index (κ1) is 18.0. The van der Waals surface area contributed by atoms with Gasteiger partial charge in [0, 0.05) is 23.7 Å². The van der Waals surface area contributed by atoms with Crippen molar-refractivity contribution in [3.05, 3.63) is 41.7 Å². The number of anilines is 1. The van der Waals surface area contributed by atoms with E-state index in [-0.39, 0.29) is 18.0 Å². The van der Waals surface area contributed by atoms with Crippen LogP contribution in [0, 0.1) is 5.82 Å². The van der Waals surface area contributed by atoms with Crippen molar-refractivity contribution in [3.8, 4) is 5.75 Å². The van der Waals surface area contributed by atoms with Crippen molar-refractivity contribution in [2.45, 2.75) is 18.1 Å². The number of rotatable bonds is 4. The summed E-state index contributed by atoms with van der Waals surface area (Å²) in [6, 6.07) is 6.91. The van der Waals surface area contributed by atoms with Crippen molar-refractivity contribution in [3.63, 3.8) is 0 Å². The fourth-order valence-electron chi connectivity index (χ4n) is 3.51. The molecule has 0 aromatic heterocycles. The number of phenols is 1. The van der Waals surface area contributed by atoms with Crippen LogP contribution in [0.3, 0.4) is 0 Å². The number of nitrogens with one attached hydrogen (secondary N) is 1. The highest BCUT2D eigenvalue weighted by atomic mass is 32.2. The highest BCUT2D eigenvalue weighted by Gasteiger charge is 2.32. The van der Waals surface area contributed by atoms with E-state index in [4.69, 9.17) is 0 Å². The Kier molecular flexibility index (Phi) is 4.33. The van der Waals surface area contributed by atoms with Gasteiger partial charge in [0.1, 0.15) is 18.0 Å². The van der Waals surface area contributed by atoms with Crippen molar-refractivity contribution in [2.24, 2.45) is 0 Å². The molecular weight excluding hydrogens is 401 g/mol. The van der Waals surface area contributed by atoms with Crippen LogP contribution in [0.4, 0.5) is 10.1 Å². The van der Waals surface area contributed by atoms with Gasteiger partial charge in [-0.2, -0.15) is 0 Å². The second kappa shape index (κ2) is 6.75. The maximum atomic E-state index is 15.3. The Labute approximate surface area is 168 Å². The van der Waals surface area contributed by atoms with Crippen LogP contribution in [0.15, 0.2) is 30.3 Å². The molecule has 2 aromatic rings. The number of aromatic hydroxyl groups is 1. The number of carbonyl (C=O) groups is 1. The Morgan fingerprint density at radius 3 is 2.79 bits per heavy atom. The first-order valence-corrected chi connectivity index (χ1v) is 11.0. The molecule has 0 bridgehead atoms. The van der Waals surface area contributed by atoms with Gasteiger partial charge in [0.15, 0.2) is 5.82 Å². The Morgan fingerprint density at radius 1 is 1.25 bits per heavy atom. The Balaban J connectivity index is 1.50. The molecule has 1 atom stereocenters. The minimum Gasteiger partial charge on any atom is -0.506 e. The van der Waals surface area contributed by atoms with E-state index in [1.165, 1.54) is 18.9 Å². The van der Waals surface area contributed by atoms with E-state index < -0.39 is 22.9 Å². The average molecular weight is 420 g/mol. The van der Waals surface area contributed by atoms with Crippen LogP contribution in [0.2, 0.25) is 0 Å². The molecule has 2 heterocycles. The Morgan fingerprint density at radius 2 is 2.07 bits per heavy atom. The molecule has 0 radical (unpaired) electrons. The summed E-state index contributed by atoms with van der Waals surface area (Å²) >= 11 is -0.00946. The lowest BCUT2D eigenvalue weighted by atomic mass is 10.0. The molecule has 5 rings (SSSR count). The summed E-state index contributed by atoms with van der Waals surface area (Å²) in [5.41, 5.74) is 1.86. The molecule has 2 N–H and O–H groups in total. The number of halogens is 1. The second-order valence-corrected chi connectivity index (χ2v) is 9.70. The van der Waals surface area contributed by atoms with Gasteiger partial charge in [-0.1, -0.05) is 30.2 Å². The summed E-state index contributed by atoms with van der Waals surface area (Å²) < 4.78 is 32.9. The molecule has 2 fully saturated rings. The molecule has 1 saturated heterocycles. The summed E-state index contributed by atoms with van der Waals surface area (Å²) in [6.07, 6.45) is 4.71. The van der Waals surface area contributed by atoms with Crippen LogP contribution in [0.25, 0.3) is 16.3 Å². The predicted octanol–water partition coefficient (Wildman–Crippen LogP) is 2.71. The largest absolute Gasteiger partial charge is 0.506 e. The van der Waals surface area contributed by atoms with Gasteiger partial charge >= 0.3 is 0 Å². The Hall–Kier alpha value is -2.10. The molecule has 0 spiro atoms. The normalized spacial score (nSPS) is 22.8. The topological polar surface area (TPSA) is 72.9 Å². The summed E-state index contributed by atoms with van der Waals surface area (Å²) in [5, 5.41) is 11.9. The van der Waals surface area contributed by atoms with Crippen molar-refractivity contribution in [2.75, 3.05) is 23.9 Å². The molecule has 2 aromatic carbocycles. The SMILES string of the molecule is O=C1CN(c2c(O)cc3ccc(C4=CCN(SC5CC5)C4)cc3c2F)S(=O)N1. The third-order valence-electron chi connectivity index (χ3n) is 5.05. The van der Waals surface area contributed by atoms with Crippen molar-refractivity contribution >= 4 is 51.1 Å². The number of fused-ring (bicyclic) bond motifs is 1. The molecule has 6 nitrogen and oxygen atoms in total. The first-order valence-electron chi connectivity index (χ1n) is 9.05. The lowest BCUT2D eigenvalue weighted by Gasteiger charge is -2.18. The van der Waals surface area contributed by atoms with Crippen molar-refractivity contribution in [1.29, 1.82) is 0 Å². The quantitative estimate of drug-likeness (QED) is 0.746. The molecule has 28 heavy (non-hydrogen) atoms. The molecule has 1 unspecified atom stereocenters. The average Bonchev–Trinajstić information content (AvgIpc) is 3.24. The van der Waals surface area contributed by atoms with E-state index in [2.05, 4.69) is 15.1 Å². The van der Waals surface area contributed by atoms with Gasteiger partial charge in [0.25, 0.3) is 5.91 Å². The highest BCUT2D eigenvalue weighted by molar-refractivity contribution is 7.97. The minimum atomic E-state index is -1.90. The number of benzene rings is 2. The van der Waals surface area contributed by atoms with Gasteiger partial charge in [-0.3, -0.25) is 13.8 Å². The number of hydrogen-bond donors (Lipinski definition) is 2. The van der Waals surface area contributed by atoms with Gasteiger partial charge in [-0.25, -0.2) is 12.9 Å². The van der Waals surface area contributed by atoms with Crippen molar-refractivity contribution < 1.29 is 18.5 Å². The van der Waals surface area contributed by atoms with E-state index in [0.717, 1.165) is 33.8 Å². The van der Waals surface area contributed by atoms with Crippen LogP contribution in [-0.2, 0) is 16.0 Å². The summed E-state index contributed by atoms with van der Waals surface area (Å²) in [6.45, 7) is 1.42. The predicted molar refractivity (Wildman–Crippen MR) is 109 cm³/mol. The molecule has 2 aliphatic heterocycles. The van der Waals surface area contributed by atoms with Gasteiger partial charge in [-0.15, -0.1) is 0 Å². The van der Waals surface area contributed by atoms with Crippen LogP contribution < -0.4 is 9.03 Å². The number of amides is 1. The van der Waals surface area contributed by atoms with E-state index in [1.54, 1.807) is 12.1 Å². The van der Waals surface area contributed by atoms with Gasteiger partial charge in [0.05, 0.1) is 0 Å². The zero-order valence-corrected chi connectivity index (χ0v) is 16.5. The van der Waals surface area contributed by atoms with Crippen LogP contribution in [0.5, 0.6) is 5.75 Å². The maximum absolute atomic E-state index is 15.3. The summed E-state index contributed by atoms with van der Waals surface area (Å²) in [4.78, 5) is 11.5. The number of hydrogen-bond acceptors (Lipinski definition) is 5. The molecular formula is C19H18FN3O3S2. The van der Waals surface area contributed by atoms with Crippen LogP contribution >= 0.6 is 11.9 Å². The molecule has 1 aliphatic carbocycles. The first-order chi connectivity index (χ1) is 13.5. The lowest BCUT2D eigenvalue weighted by molar-refractivity contribution is -0.117. The van der Waals surface area contributed by atoms with E-state index >= 15 is 4.39 Å². The monoisotopic (exact) mass is 419 g/mol. The van der Waals surface area contributed by atoms with Crippen molar-refractivity contribution in [1.82, 2.24) is 9.03 Å². The molecule has 1 amide bonds. The van der Waals surface area contributed by atoms with E-state index in [1.807, 2.05) is 18.0 Å². The van der Waals surface area contributed by atoms with E-state index in [9.17, 15) is 14.1 Å². The van der Waals surface area contributed by atoms with E-state index in [0.29, 0.717) is 10.8 Å². The van der Waals surface area contributed by atoms with Gasteiger partial charge < -0.3 is 5.11 Å². The molecule has 1 saturated carbocycles. The minimum absolute atomic E-state index is 0.215. The number of phenolic OH excluding ortho intramolecular Hbond substituents is 1. The second-order valence-electron chi connectivity index (χ2n) is 7.16. The van der Waals surface area contributed by atoms with Crippen LogP contribution in [0.1, 0.15) is 18.4 Å². The number of nitrogens with zero attached hydrogens (tertiary/aromatic N) is 2. The summed E-state index contributed by atoms with van der Waals surface area (Å²) in [7, 11) is 0. The fourth-order valence-corrected chi connectivity index (χ4v) is 5.59. The fraction of sp³-hybridized carbons (Fsp3) is 0.316. The number of carbonyl (C=O) groups excluding carboxylic acids is 1. The van der Waals surface area contributed by atoms with Crippen LogP contribution in [-0.4, -0.2) is 44.4 Å². The zero-order chi connectivity index (χ0) is 19.4.